The van der Waals surface area contributed by atoms with E-state index in [0.717, 1.165) is 17.9 Å². The number of nitrogen functional groups attached to an aromatic ring is 1. The summed E-state index contributed by atoms with van der Waals surface area (Å²) < 4.78 is 0. The smallest absolute Gasteiger partial charge is 0.0360 e. The van der Waals surface area contributed by atoms with Crippen molar-refractivity contribution in [2.45, 2.75) is 13.0 Å². The van der Waals surface area contributed by atoms with Crippen LogP contribution in [0.2, 0.25) is 0 Å². The van der Waals surface area contributed by atoms with Gasteiger partial charge in [0.1, 0.15) is 0 Å². The first-order valence-electron chi connectivity index (χ1n) is 4.84. The van der Waals surface area contributed by atoms with Crippen LogP contribution in [-0.2, 0) is 0 Å². The molecule has 14 heavy (non-hydrogen) atoms. The van der Waals surface area contributed by atoms with Crippen molar-refractivity contribution in [2.24, 2.45) is 0 Å². The first-order chi connectivity index (χ1) is 6.58. The molecule has 0 spiro atoms. The van der Waals surface area contributed by atoms with E-state index in [2.05, 4.69) is 31.2 Å². The van der Waals surface area contributed by atoms with Gasteiger partial charge in [0, 0.05) is 24.0 Å². The molecule has 0 aliphatic carbocycles. The molecule has 0 fully saturated rings. The molecule has 0 bridgehead atoms. The average molecular weight is 193 g/mol. The lowest BCUT2D eigenvalue weighted by molar-refractivity contribution is 0.392. The fraction of sp³-hybridized carbons (Fsp3) is 0.455. The minimum Gasteiger partial charge on any atom is -0.399 e. The third-order valence-electron chi connectivity index (χ3n) is 1.96. The number of hydrogen-bond donors (Lipinski definition) is 2. The number of rotatable bonds is 4. The monoisotopic (exact) mass is 193 g/mol. The normalized spacial score (nSPS) is 12.9. The largest absolute Gasteiger partial charge is 0.399 e. The zero-order valence-corrected chi connectivity index (χ0v) is 9.12. The van der Waals surface area contributed by atoms with Crippen LogP contribution in [0.5, 0.6) is 0 Å². The van der Waals surface area contributed by atoms with E-state index < -0.39 is 0 Å². The van der Waals surface area contributed by atoms with Gasteiger partial charge in [-0.25, -0.2) is 0 Å². The van der Waals surface area contributed by atoms with Gasteiger partial charge in [0.05, 0.1) is 0 Å². The molecule has 78 valence electrons. The van der Waals surface area contributed by atoms with Crippen LogP contribution in [0, 0.1) is 0 Å². The summed E-state index contributed by atoms with van der Waals surface area (Å²) in [6.07, 6.45) is 0. The van der Waals surface area contributed by atoms with Gasteiger partial charge in [-0.15, -0.1) is 0 Å². The van der Waals surface area contributed by atoms with Gasteiger partial charge in [-0.1, -0.05) is 0 Å². The highest BCUT2D eigenvalue weighted by atomic mass is 15.1. The maximum atomic E-state index is 5.60. The topological polar surface area (TPSA) is 41.3 Å². The Balaban J connectivity index is 2.47. The molecular formula is C11H19N3. The molecule has 3 heteroatoms. The maximum Gasteiger partial charge on any atom is 0.0360 e. The van der Waals surface area contributed by atoms with Crippen molar-refractivity contribution >= 4 is 11.4 Å². The van der Waals surface area contributed by atoms with E-state index in [9.17, 15) is 0 Å². The molecule has 1 aromatic carbocycles. The number of nitrogens with one attached hydrogen (secondary N) is 1. The first-order valence-corrected chi connectivity index (χ1v) is 4.84. The Labute approximate surface area is 85.9 Å². The van der Waals surface area contributed by atoms with E-state index >= 15 is 0 Å². The van der Waals surface area contributed by atoms with Gasteiger partial charge in [-0.3, -0.25) is 0 Å². The average Bonchev–Trinajstić information content (AvgIpc) is 2.07. The highest BCUT2D eigenvalue weighted by Gasteiger charge is 2.02. The Morgan fingerprint density at radius 3 is 2.36 bits per heavy atom. The van der Waals surface area contributed by atoms with E-state index in [1.54, 1.807) is 0 Å². The molecule has 0 aliphatic heterocycles. The molecule has 1 unspecified atom stereocenters. The van der Waals surface area contributed by atoms with Gasteiger partial charge in [-0.05, 0) is 45.3 Å². The Kier molecular flexibility index (Phi) is 3.77. The summed E-state index contributed by atoms with van der Waals surface area (Å²) in [6.45, 7) is 3.18. The molecule has 0 saturated heterocycles. The first kappa shape index (κ1) is 10.9. The molecule has 0 aliphatic rings. The van der Waals surface area contributed by atoms with Crippen LogP contribution < -0.4 is 11.1 Å². The summed E-state index contributed by atoms with van der Waals surface area (Å²) in [6, 6.07) is 8.26. The van der Waals surface area contributed by atoms with E-state index in [-0.39, 0.29) is 0 Å². The van der Waals surface area contributed by atoms with Crippen LogP contribution in [-0.4, -0.2) is 31.6 Å². The third-order valence-corrected chi connectivity index (χ3v) is 1.96. The van der Waals surface area contributed by atoms with Crippen molar-refractivity contribution in [2.75, 3.05) is 31.7 Å². The lowest BCUT2D eigenvalue weighted by atomic mass is 10.2. The van der Waals surface area contributed by atoms with Crippen molar-refractivity contribution in [1.29, 1.82) is 0 Å². The van der Waals surface area contributed by atoms with Crippen molar-refractivity contribution < 1.29 is 0 Å². The molecule has 0 radical (unpaired) electrons. The second-order valence-electron chi connectivity index (χ2n) is 3.93. The summed E-state index contributed by atoms with van der Waals surface area (Å²) in [5, 5.41) is 3.40. The highest BCUT2D eigenvalue weighted by molar-refractivity contribution is 5.51. The number of anilines is 2. The summed E-state index contributed by atoms with van der Waals surface area (Å²) >= 11 is 0. The molecule has 0 saturated carbocycles. The Hall–Kier alpha value is -1.22. The number of likely N-dealkylation sites (N-methyl/N-ethyl adjacent to an activating group) is 1. The van der Waals surface area contributed by atoms with Crippen LogP contribution >= 0.6 is 0 Å². The molecule has 3 N–H and O–H groups in total. The zero-order valence-electron chi connectivity index (χ0n) is 9.12. The van der Waals surface area contributed by atoms with Gasteiger partial charge in [-0.2, -0.15) is 0 Å². The predicted molar refractivity (Wildman–Crippen MR) is 62.5 cm³/mol. The van der Waals surface area contributed by atoms with Crippen molar-refractivity contribution in [1.82, 2.24) is 4.90 Å². The van der Waals surface area contributed by atoms with Gasteiger partial charge in [0.15, 0.2) is 0 Å². The SMILES string of the molecule is CC(CN(C)C)Nc1ccc(N)cc1. The molecule has 0 aromatic heterocycles. The number of nitrogens with two attached hydrogens (primary N) is 1. The molecule has 3 nitrogen and oxygen atoms in total. The van der Waals surface area contributed by atoms with Crippen molar-refractivity contribution in [3.63, 3.8) is 0 Å². The van der Waals surface area contributed by atoms with E-state index in [1.807, 2.05) is 24.3 Å². The van der Waals surface area contributed by atoms with Crippen LogP contribution in [0.25, 0.3) is 0 Å². The zero-order chi connectivity index (χ0) is 10.6. The second kappa shape index (κ2) is 4.86. The molecular weight excluding hydrogens is 174 g/mol. The van der Waals surface area contributed by atoms with Crippen LogP contribution in [0.3, 0.4) is 0 Å². The van der Waals surface area contributed by atoms with E-state index in [0.29, 0.717) is 6.04 Å². The Morgan fingerprint density at radius 2 is 1.86 bits per heavy atom. The molecule has 1 aromatic rings. The van der Waals surface area contributed by atoms with Crippen LogP contribution in [0.4, 0.5) is 11.4 Å². The quantitative estimate of drug-likeness (QED) is 0.714. The van der Waals surface area contributed by atoms with Crippen molar-refractivity contribution in [3.8, 4) is 0 Å². The minimum absolute atomic E-state index is 0.439. The Bertz CT molecular complexity index is 266. The predicted octanol–water partition coefficient (Wildman–Crippen LogP) is 1.63. The lowest BCUT2D eigenvalue weighted by Gasteiger charge is -2.19. The van der Waals surface area contributed by atoms with Gasteiger partial charge < -0.3 is 16.0 Å². The number of nitrogens with zero attached hydrogens (tertiary/aromatic N) is 1. The van der Waals surface area contributed by atoms with Crippen molar-refractivity contribution in [3.05, 3.63) is 24.3 Å². The number of hydrogen-bond acceptors (Lipinski definition) is 3. The molecule has 0 heterocycles. The fourth-order valence-electron chi connectivity index (χ4n) is 1.46. The maximum absolute atomic E-state index is 5.60. The molecule has 1 rings (SSSR count). The minimum atomic E-state index is 0.439. The summed E-state index contributed by atoms with van der Waals surface area (Å²) in [4.78, 5) is 2.16. The highest BCUT2D eigenvalue weighted by Crippen LogP contribution is 2.11. The second-order valence-corrected chi connectivity index (χ2v) is 3.93. The van der Waals surface area contributed by atoms with E-state index in [4.69, 9.17) is 5.73 Å². The Morgan fingerprint density at radius 1 is 1.29 bits per heavy atom. The van der Waals surface area contributed by atoms with E-state index in [1.165, 1.54) is 0 Å². The van der Waals surface area contributed by atoms with Gasteiger partial charge in [0.25, 0.3) is 0 Å². The number of benzene rings is 1. The lowest BCUT2D eigenvalue weighted by Crippen LogP contribution is -2.29. The molecule has 1 atom stereocenters. The fourth-order valence-corrected chi connectivity index (χ4v) is 1.46. The van der Waals surface area contributed by atoms with Gasteiger partial charge in [0.2, 0.25) is 0 Å². The summed E-state index contributed by atoms with van der Waals surface area (Å²) in [7, 11) is 4.14. The molecule has 0 amide bonds. The third kappa shape index (κ3) is 3.66. The van der Waals surface area contributed by atoms with Crippen LogP contribution in [0.1, 0.15) is 6.92 Å². The summed E-state index contributed by atoms with van der Waals surface area (Å²) in [5.41, 5.74) is 7.52. The summed E-state index contributed by atoms with van der Waals surface area (Å²) in [5.74, 6) is 0. The standard InChI is InChI=1S/C11H19N3/c1-9(8-14(2)3)13-11-6-4-10(12)5-7-11/h4-7,9,13H,8,12H2,1-3H3. The van der Waals surface area contributed by atoms with Crippen LogP contribution in [0.15, 0.2) is 24.3 Å². The van der Waals surface area contributed by atoms with Gasteiger partial charge >= 0.3 is 0 Å².